The van der Waals surface area contributed by atoms with Crippen molar-refractivity contribution in [3.05, 3.63) is 0 Å². The van der Waals surface area contributed by atoms with Crippen LogP contribution in [0.4, 0.5) is 8.78 Å². The Bertz CT molecular complexity index is 291. The third kappa shape index (κ3) is 4.12. The van der Waals surface area contributed by atoms with Gasteiger partial charge in [0.1, 0.15) is 0 Å². The highest BCUT2D eigenvalue weighted by Gasteiger charge is 2.47. The number of likely N-dealkylation sites (tertiary alicyclic amines) is 1. The topological polar surface area (TPSA) is 9.72 Å². The number of rotatable bonds is 5. The quantitative estimate of drug-likeness (QED) is 0.718. The number of piperidine rings is 1. The fraction of sp³-hybridized carbons (Fsp3) is 1.00. The minimum atomic E-state index is -2.56. The van der Waals surface area contributed by atoms with Crippen LogP contribution < -0.4 is 0 Å². The van der Waals surface area contributed by atoms with Gasteiger partial charge in [-0.15, -0.1) is 0 Å². The van der Waals surface area contributed by atoms with E-state index in [9.17, 15) is 8.78 Å². The summed E-state index contributed by atoms with van der Waals surface area (Å²) >= 11 is 0. The predicted octanol–water partition coefficient (Wildman–Crippen LogP) is 2.13. The summed E-state index contributed by atoms with van der Waals surface area (Å²) in [6.45, 7) is 7.15. The molecular weight excluding hydrogens is 260 g/mol. The van der Waals surface area contributed by atoms with Crippen molar-refractivity contribution >= 4 is 0 Å². The number of halogens is 2. The number of alkyl halides is 2. The first-order valence-corrected chi connectivity index (χ1v) is 8.05. The lowest BCUT2D eigenvalue weighted by Gasteiger charge is -2.46. The van der Waals surface area contributed by atoms with Gasteiger partial charge in [0.05, 0.1) is 12.6 Å². The molecule has 2 fully saturated rings. The SMILES string of the molecule is CCCCCN1CCC(N2CCN(C)CC2)C(F)(F)C1. The van der Waals surface area contributed by atoms with Crippen LogP contribution in [0, 0.1) is 0 Å². The van der Waals surface area contributed by atoms with E-state index >= 15 is 0 Å². The van der Waals surface area contributed by atoms with E-state index in [1.54, 1.807) is 0 Å². The van der Waals surface area contributed by atoms with Crippen LogP contribution in [0.5, 0.6) is 0 Å². The number of likely N-dealkylation sites (N-methyl/N-ethyl adjacent to an activating group) is 1. The van der Waals surface area contributed by atoms with Gasteiger partial charge in [0, 0.05) is 32.7 Å². The minimum absolute atomic E-state index is 0.0479. The first-order chi connectivity index (χ1) is 9.53. The highest BCUT2D eigenvalue weighted by atomic mass is 19.3. The van der Waals surface area contributed by atoms with E-state index in [-0.39, 0.29) is 6.54 Å². The second-order valence-corrected chi connectivity index (χ2v) is 6.39. The molecule has 3 nitrogen and oxygen atoms in total. The molecule has 20 heavy (non-hydrogen) atoms. The summed E-state index contributed by atoms with van der Waals surface area (Å²) in [7, 11) is 2.06. The van der Waals surface area contributed by atoms with Gasteiger partial charge >= 0.3 is 0 Å². The van der Waals surface area contributed by atoms with Crippen molar-refractivity contribution in [3.63, 3.8) is 0 Å². The van der Waals surface area contributed by atoms with Crippen molar-refractivity contribution in [3.8, 4) is 0 Å². The molecule has 0 aliphatic carbocycles. The largest absolute Gasteiger partial charge is 0.304 e. The average molecular weight is 289 g/mol. The van der Waals surface area contributed by atoms with Crippen molar-refractivity contribution in [2.45, 2.75) is 44.6 Å². The summed E-state index contributed by atoms with van der Waals surface area (Å²) in [5.74, 6) is -2.56. The van der Waals surface area contributed by atoms with Gasteiger partial charge in [-0.05, 0) is 26.4 Å². The molecule has 2 rings (SSSR count). The Kier molecular flexibility index (Phi) is 5.75. The molecule has 1 atom stereocenters. The Hall–Kier alpha value is -0.260. The molecule has 2 aliphatic rings. The first-order valence-electron chi connectivity index (χ1n) is 8.05. The van der Waals surface area contributed by atoms with Gasteiger partial charge in [0.15, 0.2) is 0 Å². The molecule has 0 amide bonds. The maximum atomic E-state index is 14.4. The zero-order chi connectivity index (χ0) is 14.6. The van der Waals surface area contributed by atoms with E-state index in [2.05, 4.69) is 18.9 Å². The van der Waals surface area contributed by atoms with Gasteiger partial charge in [0.2, 0.25) is 0 Å². The Labute approximate surface area is 121 Å². The molecule has 118 valence electrons. The molecule has 0 aromatic rings. The smallest absolute Gasteiger partial charge is 0.275 e. The summed E-state index contributed by atoms with van der Waals surface area (Å²) in [6.07, 6.45) is 3.95. The number of piperazine rings is 1. The number of hydrogen-bond donors (Lipinski definition) is 0. The first kappa shape index (κ1) is 16.1. The molecule has 0 bridgehead atoms. The molecule has 2 heterocycles. The van der Waals surface area contributed by atoms with Crippen molar-refractivity contribution in [1.29, 1.82) is 0 Å². The third-order valence-electron chi connectivity index (χ3n) is 4.70. The minimum Gasteiger partial charge on any atom is -0.304 e. The zero-order valence-corrected chi connectivity index (χ0v) is 13.0. The molecule has 0 aromatic heterocycles. The average Bonchev–Trinajstić information content (AvgIpc) is 2.40. The second-order valence-electron chi connectivity index (χ2n) is 6.39. The van der Waals surface area contributed by atoms with Gasteiger partial charge in [-0.2, -0.15) is 0 Å². The Morgan fingerprint density at radius 2 is 1.75 bits per heavy atom. The van der Waals surface area contributed by atoms with Crippen molar-refractivity contribution in [1.82, 2.24) is 14.7 Å². The van der Waals surface area contributed by atoms with E-state index in [1.165, 1.54) is 0 Å². The van der Waals surface area contributed by atoms with E-state index < -0.39 is 12.0 Å². The molecule has 1 unspecified atom stereocenters. The van der Waals surface area contributed by atoms with E-state index in [0.717, 1.165) is 58.5 Å². The molecule has 5 heteroatoms. The lowest BCUT2D eigenvalue weighted by atomic mass is 9.98. The molecule has 0 aromatic carbocycles. The molecular formula is C15H29F2N3. The molecule has 2 aliphatic heterocycles. The van der Waals surface area contributed by atoms with Crippen LogP contribution in [0.15, 0.2) is 0 Å². The third-order valence-corrected chi connectivity index (χ3v) is 4.70. The Morgan fingerprint density at radius 3 is 2.35 bits per heavy atom. The normalized spacial score (nSPS) is 29.7. The fourth-order valence-electron chi connectivity index (χ4n) is 3.36. The molecule has 2 saturated heterocycles. The lowest BCUT2D eigenvalue weighted by molar-refractivity contribution is -0.132. The molecule has 0 radical (unpaired) electrons. The maximum Gasteiger partial charge on any atom is 0.275 e. The standard InChI is InChI=1S/C15H29F2N3/c1-3-4-5-7-19-8-6-14(15(16,17)13-19)20-11-9-18(2)10-12-20/h14H,3-13H2,1-2H3. The van der Waals surface area contributed by atoms with Gasteiger partial charge in [-0.25, -0.2) is 8.78 Å². The van der Waals surface area contributed by atoms with Crippen molar-refractivity contribution in [2.75, 3.05) is 52.9 Å². The Balaban J connectivity index is 1.84. The number of unbranched alkanes of at least 4 members (excludes halogenated alkanes) is 2. The van der Waals surface area contributed by atoms with Crippen LogP contribution in [0.2, 0.25) is 0 Å². The second kappa shape index (κ2) is 7.14. The highest BCUT2D eigenvalue weighted by molar-refractivity contribution is 4.94. The zero-order valence-electron chi connectivity index (χ0n) is 13.0. The van der Waals surface area contributed by atoms with Gasteiger partial charge in [-0.1, -0.05) is 19.8 Å². The molecule has 0 saturated carbocycles. The van der Waals surface area contributed by atoms with Crippen LogP contribution in [0.1, 0.15) is 32.6 Å². The predicted molar refractivity (Wildman–Crippen MR) is 78.4 cm³/mol. The summed E-state index contributed by atoms with van der Waals surface area (Å²) < 4.78 is 28.8. The van der Waals surface area contributed by atoms with Gasteiger partial charge in [0.25, 0.3) is 5.92 Å². The van der Waals surface area contributed by atoms with Crippen LogP contribution >= 0.6 is 0 Å². The van der Waals surface area contributed by atoms with Crippen LogP contribution in [0.25, 0.3) is 0 Å². The van der Waals surface area contributed by atoms with Gasteiger partial charge < -0.3 is 4.90 Å². The monoisotopic (exact) mass is 289 g/mol. The number of hydrogen-bond acceptors (Lipinski definition) is 3. The van der Waals surface area contributed by atoms with E-state index in [4.69, 9.17) is 0 Å². The summed E-state index contributed by atoms with van der Waals surface area (Å²) in [4.78, 5) is 6.19. The van der Waals surface area contributed by atoms with Crippen LogP contribution in [-0.4, -0.2) is 79.5 Å². The number of nitrogens with zero attached hydrogens (tertiary/aromatic N) is 3. The lowest BCUT2D eigenvalue weighted by Crippen LogP contribution is -2.61. The summed E-state index contributed by atoms with van der Waals surface area (Å²) in [6, 6.07) is -0.543. The van der Waals surface area contributed by atoms with Crippen LogP contribution in [-0.2, 0) is 0 Å². The Morgan fingerprint density at radius 1 is 1.05 bits per heavy atom. The maximum absolute atomic E-state index is 14.4. The van der Waals surface area contributed by atoms with E-state index in [0.29, 0.717) is 6.42 Å². The van der Waals surface area contributed by atoms with Crippen LogP contribution in [0.3, 0.4) is 0 Å². The van der Waals surface area contributed by atoms with Gasteiger partial charge in [-0.3, -0.25) is 9.80 Å². The summed E-state index contributed by atoms with van der Waals surface area (Å²) in [5, 5.41) is 0. The van der Waals surface area contributed by atoms with E-state index in [1.807, 2.05) is 9.80 Å². The fourth-order valence-corrected chi connectivity index (χ4v) is 3.36. The molecule has 0 spiro atoms. The van der Waals surface area contributed by atoms with Crippen molar-refractivity contribution in [2.24, 2.45) is 0 Å². The summed E-state index contributed by atoms with van der Waals surface area (Å²) in [5.41, 5.74) is 0. The highest BCUT2D eigenvalue weighted by Crippen LogP contribution is 2.32. The molecule has 0 N–H and O–H groups in total. The van der Waals surface area contributed by atoms with Crippen molar-refractivity contribution < 1.29 is 8.78 Å².